The Bertz CT molecular complexity index is 718. The molecule has 0 bridgehead atoms. The molecule has 0 radical (unpaired) electrons. The van der Waals surface area contributed by atoms with Crippen LogP contribution >= 0.6 is 0 Å². The number of aromatic nitrogens is 2. The third-order valence-electron chi connectivity index (χ3n) is 4.22. The third-order valence-corrected chi connectivity index (χ3v) is 4.22. The van der Waals surface area contributed by atoms with Crippen LogP contribution in [0.1, 0.15) is 35.3 Å². The van der Waals surface area contributed by atoms with Gasteiger partial charge in [-0.15, -0.1) is 0 Å². The number of hydrogen-bond acceptors (Lipinski definition) is 3. The first kappa shape index (κ1) is 16.2. The number of carbonyl (C=O) groups is 2. The predicted octanol–water partition coefficient (Wildman–Crippen LogP) is 2.23. The first-order valence-corrected chi connectivity index (χ1v) is 8.30. The van der Waals surface area contributed by atoms with Gasteiger partial charge in [-0.2, -0.15) is 5.10 Å². The molecule has 0 aliphatic carbocycles. The van der Waals surface area contributed by atoms with Crippen molar-refractivity contribution >= 4 is 17.6 Å². The summed E-state index contributed by atoms with van der Waals surface area (Å²) in [7, 11) is 1.73. The van der Waals surface area contributed by atoms with Crippen LogP contribution < -0.4 is 5.32 Å². The zero-order chi connectivity index (χ0) is 16.9. The summed E-state index contributed by atoms with van der Waals surface area (Å²) in [5.41, 5.74) is 1.33. The van der Waals surface area contributed by atoms with Crippen molar-refractivity contribution in [1.29, 1.82) is 0 Å². The van der Waals surface area contributed by atoms with E-state index in [1.54, 1.807) is 17.8 Å². The van der Waals surface area contributed by atoms with E-state index < -0.39 is 0 Å². The van der Waals surface area contributed by atoms with Crippen molar-refractivity contribution in [3.8, 4) is 0 Å². The molecule has 126 valence electrons. The highest BCUT2D eigenvalue weighted by Crippen LogP contribution is 2.15. The lowest BCUT2D eigenvalue weighted by molar-refractivity contribution is -0.115. The molecule has 2 heterocycles. The van der Waals surface area contributed by atoms with Crippen LogP contribution in [-0.4, -0.2) is 39.6 Å². The van der Waals surface area contributed by atoms with Crippen LogP contribution in [0.2, 0.25) is 0 Å². The number of piperidine rings is 1. The van der Waals surface area contributed by atoms with Crippen molar-refractivity contribution in [3.63, 3.8) is 0 Å². The van der Waals surface area contributed by atoms with Gasteiger partial charge in [0.25, 0.3) is 5.91 Å². The summed E-state index contributed by atoms with van der Waals surface area (Å²) in [6, 6.07) is 11.2. The molecule has 1 fully saturated rings. The van der Waals surface area contributed by atoms with Crippen LogP contribution in [0, 0.1) is 0 Å². The molecule has 6 nitrogen and oxygen atoms in total. The Hall–Kier alpha value is -2.63. The highest BCUT2D eigenvalue weighted by Gasteiger charge is 2.22. The Morgan fingerprint density at radius 2 is 1.83 bits per heavy atom. The molecule has 1 aromatic carbocycles. The van der Waals surface area contributed by atoms with Crippen LogP contribution in [0.15, 0.2) is 36.4 Å². The van der Waals surface area contributed by atoms with Gasteiger partial charge in [0.05, 0.1) is 6.42 Å². The van der Waals surface area contributed by atoms with Gasteiger partial charge < -0.3 is 10.2 Å². The summed E-state index contributed by atoms with van der Waals surface area (Å²) in [5.74, 6) is 0.353. The monoisotopic (exact) mass is 326 g/mol. The maximum atomic E-state index is 12.5. The number of nitrogens with zero attached hydrogens (tertiary/aromatic N) is 3. The lowest BCUT2D eigenvalue weighted by Gasteiger charge is -2.25. The van der Waals surface area contributed by atoms with Gasteiger partial charge in [0.15, 0.2) is 5.69 Å². The molecular formula is C18H22N4O2. The van der Waals surface area contributed by atoms with E-state index in [-0.39, 0.29) is 11.8 Å². The Kier molecular flexibility index (Phi) is 4.93. The van der Waals surface area contributed by atoms with Crippen LogP contribution in [0.5, 0.6) is 0 Å². The number of amides is 2. The van der Waals surface area contributed by atoms with Crippen LogP contribution in [0.4, 0.5) is 5.82 Å². The smallest absolute Gasteiger partial charge is 0.274 e. The van der Waals surface area contributed by atoms with Crippen molar-refractivity contribution in [1.82, 2.24) is 14.7 Å². The molecule has 0 saturated carbocycles. The van der Waals surface area contributed by atoms with Crippen molar-refractivity contribution in [2.45, 2.75) is 25.7 Å². The van der Waals surface area contributed by atoms with E-state index in [0.717, 1.165) is 31.5 Å². The molecule has 1 aromatic heterocycles. The highest BCUT2D eigenvalue weighted by molar-refractivity contribution is 5.96. The number of hydrogen-bond donors (Lipinski definition) is 1. The number of rotatable bonds is 4. The Labute approximate surface area is 141 Å². The highest BCUT2D eigenvalue weighted by atomic mass is 16.2. The molecular weight excluding hydrogens is 304 g/mol. The molecule has 0 unspecified atom stereocenters. The minimum atomic E-state index is -0.124. The summed E-state index contributed by atoms with van der Waals surface area (Å²) in [6.45, 7) is 1.57. The first-order valence-electron chi connectivity index (χ1n) is 8.30. The number of nitrogens with one attached hydrogen (secondary N) is 1. The standard InChI is InChI=1S/C18H22N4O2/c1-21-16(19-17(23)12-14-8-4-2-5-9-14)13-15(20-21)18(24)22-10-6-3-7-11-22/h2,4-5,8-9,13H,3,6-7,10-12H2,1H3,(H,19,23). The number of anilines is 1. The fraction of sp³-hybridized carbons (Fsp3) is 0.389. The van der Waals surface area contributed by atoms with Crippen LogP contribution in [-0.2, 0) is 18.3 Å². The molecule has 2 aromatic rings. The minimum Gasteiger partial charge on any atom is -0.337 e. The topological polar surface area (TPSA) is 67.2 Å². The Balaban J connectivity index is 1.65. The zero-order valence-corrected chi connectivity index (χ0v) is 13.9. The SMILES string of the molecule is Cn1nc(C(=O)N2CCCCC2)cc1NC(=O)Cc1ccccc1. The average molecular weight is 326 g/mol. The predicted molar refractivity (Wildman–Crippen MR) is 91.7 cm³/mol. The molecule has 1 N–H and O–H groups in total. The number of likely N-dealkylation sites (tertiary alicyclic amines) is 1. The number of carbonyl (C=O) groups excluding carboxylic acids is 2. The largest absolute Gasteiger partial charge is 0.337 e. The maximum Gasteiger partial charge on any atom is 0.274 e. The van der Waals surface area contributed by atoms with E-state index in [4.69, 9.17) is 0 Å². The summed E-state index contributed by atoms with van der Waals surface area (Å²) in [4.78, 5) is 26.5. The molecule has 0 spiro atoms. The van der Waals surface area contributed by atoms with Crippen molar-refractivity contribution in [3.05, 3.63) is 47.7 Å². The lowest BCUT2D eigenvalue weighted by Crippen LogP contribution is -2.35. The second-order valence-electron chi connectivity index (χ2n) is 6.10. The second kappa shape index (κ2) is 7.29. The zero-order valence-electron chi connectivity index (χ0n) is 13.9. The first-order chi connectivity index (χ1) is 11.6. The van der Waals surface area contributed by atoms with Gasteiger partial charge in [-0.1, -0.05) is 30.3 Å². The van der Waals surface area contributed by atoms with Gasteiger partial charge >= 0.3 is 0 Å². The molecule has 1 aliphatic heterocycles. The molecule has 3 rings (SSSR count). The van der Waals surface area contributed by atoms with E-state index in [1.165, 1.54) is 6.42 Å². The third kappa shape index (κ3) is 3.82. The van der Waals surface area contributed by atoms with E-state index in [0.29, 0.717) is 17.9 Å². The Morgan fingerprint density at radius 3 is 2.54 bits per heavy atom. The average Bonchev–Trinajstić information content (AvgIpc) is 2.96. The van der Waals surface area contributed by atoms with Gasteiger partial charge in [-0.05, 0) is 24.8 Å². The van der Waals surface area contributed by atoms with E-state index >= 15 is 0 Å². The van der Waals surface area contributed by atoms with Crippen molar-refractivity contribution in [2.24, 2.45) is 7.05 Å². The van der Waals surface area contributed by atoms with Gasteiger partial charge in [-0.25, -0.2) is 0 Å². The quantitative estimate of drug-likeness (QED) is 0.937. The molecule has 0 atom stereocenters. The van der Waals surface area contributed by atoms with Crippen molar-refractivity contribution in [2.75, 3.05) is 18.4 Å². The van der Waals surface area contributed by atoms with Gasteiger partial charge in [0, 0.05) is 26.2 Å². The minimum absolute atomic E-state index is 0.0612. The normalized spacial score (nSPS) is 14.5. The van der Waals surface area contributed by atoms with E-state index in [1.807, 2.05) is 35.2 Å². The molecule has 24 heavy (non-hydrogen) atoms. The fourth-order valence-corrected chi connectivity index (χ4v) is 2.92. The summed E-state index contributed by atoms with van der Waals surface area (Å²) >= 11 is 0. The summed E-state index contributed by atoms with van der Waals surface area (Å²) in [6.07, 6.45) is 3.55. The van der Waals surface area contributed by atoms with E-state index in [2.05, 4.69) is 10.4 Å². The maximum absolute atomic E-state index is 12.5. The molecule has 2 amide bonds. The van der Waals surface area contributed by atoms with Crippen LogP contribution in [0.3, 0.4) is 0 Å². The van der Waals surface area contributed by atoms with Gasteiger partial charge in [-0.3, -0.25) is 14.3 Å². The summed E-state index contributed by atoms with van der Waals surface area (Å²) in [5, 5.41) is 7.08. The van der Waals surface area contributed by atoms with Gasteiger partial charge in [0.1, 0.15) is 5.82 Å². The van der Waals surface area contributed by atoms with E-state index in [9.17, 15) is 9.59 Å². The molecule has 1 aliphatic rings. The van der Waals surface area contributed by atoms with Gasteiger partial charge in [0.2, 0.25) is 5.91 Å². The fourth-order valence-electron chi connectivity index (χ4n) is 2.92. The van der Waals surface area contributed by atoms with Crippen LogP contribution in [0.25, 0.3) is 0 Å². The molecule has 6 heteroatoms. The molecule has 1 saturated heterocycles. The Morgan fingerprint density at radius 1 is 1.12 bits per heavy atom. The van der Waals surface area contributed by atoms with Crippen molar-refractivity contribution < 1.29 is 9.59 Å². The number of benzene rings is 1. The number of aryl methyl sites for hydroxylation is 1. The second-order valence-corrected chi connectivity index (χ2v) is 6.10. The summed E-state index contributed by atoms with van der Waals surface area (Å²) < 4.78 is 1.54. The lowest BCUT2D eigenvalue weighted by atomic mass is 10.1.